The van der Waals surface area contributed by atoms with Crippen LogP contribution in [0.15, 0.2) is 28.7 Å². The van der Waals surface area contributed by atoms with E-state index in [-0.39, 0.29) is 11.5 Å². The smallest absolute Gasteiger partial charge is 0.146 e. The van der Waals surface area contributed by atoms with Gasteiger partial charge in [0, 0.05) is 10.9 Å². The fourth-order valence-corrected chi connectivity index (χ4v) is 3.46. The third-order valence-corrected chi connectivity index (χ3v) is 4.61. The van der Waals surface area contributed by atoms with Crippen LogP contribution in [0.3, 0.4) is 0 Å². The van der Waals surface area contributed by atoms with Gasteiger partial charge in [-0.3, -0.25) is 4.79 Å². The first-order valence-corrected chi connectivity index (χ1v) is 6.95. The maximum absolute atomic E-state index is 11.8. The summed E-state index contributed by atoms with van der Waals surface area (Å²) in [7, 11) is 0. The Hall–Kier alpha value is -0.830. The predicted octanol–water partition coefficient (Wildman–Crippen LogP) is 3.73. The van der Waals surface area contributed by atoms with Crippen LogP contribution < -0.4 is 4.74 Å². The lowest BCUT2D eigenvalue weighted by Crippen LogP contribution is -2.55. The first kappa shape index (κ1) is 11.3. The molecule has 17 heavy (non-hydrogen) atoms. The van der Waals surface area contributed by atoms with Gasteiger partial charge in [0.05, 0.1) is 5.41 Å². The minimum absolute atomic E-state index is 0.104. The molecule has 0 radical (unpaired) electrons. The molecule has 0 bridgehead atoms. The zero-order valence-corrected chi connectivity index (χ0v) is 11.2. The molecular weight excluding hydrogens is 280 g/mol. The van der Waals surface area contributed by atoms with Crippen molar-refractivity contribution < 1.29 is 9.53 Å². The Balaban J connectivity index is 1.76. The highest BCUT2D eigenvalue weighted by atomic mass is 79.9. The molecule has 0 N–H and O–H groups in total. The van der Waals surface area contributed by atoms with Gasteiger partial charge in [0.25, 0.3) is 0 Å². The predicted molar refractivity (Wildman–Crippen MR) is 69.1 cm³/mol. The van der Waals surface area contributed by atoms with Gasteiger partial charge in [0.2, 0.25) is 0 Å². The topological polar surface area (TPSA) is 26.3 Å². The number of carbonyl (C=O) groups excluding carboxylic acids is 1. The number of benzene rings is 1. The van der Waals surface area contributed by atoms with E-state index in [9.17, 15) is 4.79 Å². The lowest BCUT2D eigenvalue weighted by Gasteiger charge is -2.44. The molecule has 3 heteroatoms. The molecule has 90 valence electrons. The number of hydrogen-bond donors (Lipinski definition) is 0. The maximum Gasteiger partial charge on any atom is 0.146 e. The van der Waals surface area contributed by atoms with E-state index in [0.29, 0.717) is 12.2 Å². The number of ketones is 1. The van der Waals surface area contributed by atoms with E-state index in [1.807, 2.05) is 24.3 Å². The standard InChI is InChI=1S/C14H15BrO2/c15-10-4-3-5-11(8-10)17-13-9-12(16)14(13)6-1-2-7-14/h3-5,8,13H,1-2,6-7,9H2. The van der Waals surface area contributed by atoms with Crippen molar-refractivity contribution in [2.45, 2.75) is 38.2 Å². The van der Waals surface area contributed by atoms with Crippen LogP contribution in [0, 0.1) is 5.41 Å². The van der Waals surface area contributed by atoms with Crippen molar-refractivity contribution in [2.75, 3.05) is 0 Å². The summed E-state index contributed by atoms with van der Waals surface area (Å²) in [5, 5.41) is 0. The second kappa shape index (κ2) is 4.13. The Labute approximate surface area is 109 Å². The summed E-state index contributed by atoms with van der Waals surface area (Å²) in [6.45, 7) is 0. The molecule has 2 fully saturated rings. The molecule has 2 aliphatic carbocycles. The van der Waals surface area contributed by atoms with Gasteiger partial charge in [-0.05, 0) is 31.0 Å². The highest BCUT2D eigenvalue weighted by Crippen LogP contribution is 2.52. The first-order valence-electron chi connectivity index (χ1n) is 6.16. The fourth-order valence-electron chi connectivity index (χ4n) is 3.08. The minimum atomic E-state index is -0.137. The molecule has 0 heterocycles. The molecule has 2 nitrogen and oxygen atoms in total. The van der Waals surface area contributed by atoms with Crippen LogP contribution in [0.4, 0.5) is 0 Å². The number of halogens is 1. The summed E-state index contributed by atoms with van der Waals surface area (Å²) >= 11 is 3.43. The zero-order chi connectivity index (χ0) is 11.9. The fraction of sp³-hybridized carbons (Fsp3) is 0.500. The molecule has 3 rings (SSSR count). The number of rotatable bonds is 2. The van der Waals surface area contributed by atoms with E-state index in [2.05, 4.69) is 15.9 Å². The Morgan fingerprint density at radius 2 is 2.06 bits per heavy atom. The molecule has 2 saturated carbocycles. The average molecular weight is 295 g/mol. The molecule has 1 spiro atoms. The summed E-state index contributed by atoms with van der Waals surface area (Å²) in [6, 6.07) is 7.85. The third-order valence-electron chi connectivity index (χ3n) is 4.11. The van der Waals surface area contributed by atoms with E-state index >= 15 is 0 Å². The summed E-state index contributed by atoms with van der Waals surface area (Å²) in [5.74, 6) is 1.28. The van der Waals surface area contributed by atoms with Gasteiger partial charge >= 0.3 is 0 Å². The number of hydrogen-bond acceptors (Lipinski definition) is 2. The van der Waals surface area contributed by atoms with Crippen molar-refractivity contribution in [1.82, 2.24) is 0 Å². The largest absolute Gasteiger partial charge is 0.489 e. The normalized spacial score (nSPS) is 25.9. The van der Waals surface area contributed by atoms with Crippen molar-refractivity contribution in [3.05, 3.63) is 28.7 Å². The second-order valence-corrected chi connectivity index (χ2v) is 5.97. The van der Waals surface area contributed by atoms with Gasteiger partial charge in [-0.1, -0.05) is 34.8 Å². The molecule has 0 aliphatic heterocycles. The SMILES string of the molecule is O=C1CC(Oc2cccc(Br)c2)C12CCCC2. The van der Waals surface area contributed by atoms with E-state index < -0.39 is 0 Å². The van der Waals surface area contributed by atoms with Gasteiger partial charge < -0.3 is 4.74 Å². The third kappa shape index (κ3) is 1.81. The Kier molecular flexibility index (Phi) is 2.74. The molecule has 1 aromatic carbocycles. The van der Waals surface area contributed by atoms with Crippen LogP contribution in [-0.2, 0) is 4.79 Å². The Morgan fingerprint density at radius 3 is 2.71 bits per heavy atom. The summed E-state index contributed by atoms with van der Waals surface area (Å²) < 4.78 is 7.00. The van der Waals surface area contributed by atoms with Crippen molar-refractivity contribution in [3.63, 3.8) is 0 Å². The van der Waals surface area contributed by atoms with Crippen LogP contribution in [0.25, 0.3) is 0 Å². The minimum Gasteiger partial charge on any atom is -0.489 e. The monoisotopic (exact) mass is 294 g/mol. The first-order chi connectivity index (χ1) is 8.21. The summed E-state index contributed by atoms with van der Waals surface area (Å²) in [6.07, 6.45) is 5.07. The molecule has 1 aromatic rings. The lowest BCUT2D eigenvalue weighted by molar-refractivity contribution is -0.151. The van der Waals surface area contributed by atoms with Crippen LogP contribution in [0.5, 0.6) is 5.75 Å². The molecule has 0 aromatic heterocycles. The van der Waals surface area contributed by atoms with Crippen molar-refractivity contribution in [3.8, 4) is 5.75 Å². The summed E-state index contributed by atoms with van der Waals surface area (Å²) in [4.78, 5) is 11.8. The number of Topliss-reactive ketones (excluding diaryl/α,β-unsaturated/α-hetero) is 1. The van der Waals surface area contributed by atoms with Gasteiger partial charge in [0.1, 0.15) is 17.6 Å². The van der Waals surface area contributed by atoms with Crippen LogP contribution >= 0.6 is 15.9 Å². The molecular formula is C14H15BrO2. The average Bonchev–Trinajstić information content (AvgIpc) is 2.80. The number of carbonyl (C=O) groups is 1. The van der Waals surface area contributed by atoms with Gasteiger partial charge in [-0.25, -0.2) is 0 Å². The van der Waals surface area contributed by atoms with Crippen LogP contribution in [0.2, 0.25) is 0 Å². The lowest BCUT2D eigenvalue weighted by atomic mass is 9.63. The molecule has 1 atom stereocenters. The molecule has 2 aliphatic rings. The zero-order valence-electron chi connectivity index (χ0n) is 9.62. The Morgan fingerprint density at radius 1 is 1.29 bits per heavy atom. The van der Waals surface area contributed by atoms with Crippen molar-refractivity contribution in [2.24, 2.45) is 5.41 Å². The van der Waals surface area contributed by atoms with E-state index in [1.165, 1.54) is 12.8 Å². The highest BCUT2D eigenvalue weighted by Gasteiger charge is 2.57. The van der Waals surface area contributed by atoms with Gasteiger partial charge in [-0.15, -0.1) is 0 Å². The van der Waals surface area contributed by atoms with Crippen LogP contribution in [0.1, 0.15) is 32.1 Å². The summed E-state index contributed by atoms with van der Waals surface area (Å²) in [5.41, 5.74) is -0.137. The molecule has 0 saturated heterocycles. The van der Waals surface area contributed by atoms with E-state index in [4.69, 9.17) is 4.74 Å². The Bertz CT molecular complexity index is 449. The van der Waals surface area contributed by atoms with Gasteiger partial charge in [-0.2, -0.15) is 0 Å². The van der Waals surface area contributed by atoms with Gasteiger partial charge in [0.15, 0.2) is 0 Å². The number of ether oxygens (including phenoxy) is 1. The molecule has 0 amide bonds. The maximum atomic E-state index is 11.8. The van der Waals surface area contributed by atoms with Crippen LogP contribution in [-0.4, -0.2) is 11.9 Å². The molecule has 1 unspecified atom stereocenters. The second-order valence-electron chi connectivity index (χ2n) is 5.05. The highest BCUT2D eigenvalue weighted by molar-refractivity contribution is 9.10. The van der Waals surface area contributed by atoms with Crippen molar-refractivity contribution >= 4 is 21.7 Å². The van der Waals surface area contributed by atoms with E-state index in [1.54, 1.807) is 0 Å². The van der Waals surface area contributed by atoms with Crippen molar-refractivity contribution in [1.29, 1.82) is 0 Å². The van der Waals surface area contributed by atoms with E-state index in [0.717, 1.165) is 23.1 Å². The quantitative estimate of drug-likeness (QED) is 0.831.